The van der Waals surface area contributed by atoms with Crippen LogP contribution in [0.4, 0.5) is 0 Å². The highest BCUT2D eigenvalue weighted by atomic mass is 16.2. The first-order chi connectivity index (χ1) is 8.02. The van der Waals surface area contributed by atoms with Gasteiger partial charge in [-0.1, -0.05) is 13.3 Å². The van der Waals surface area contributed by atoms with Gasteiger partial charge < -0.3 is 16.0 Å². The second-order valence-corrected chi connectivity index (χ2v) is 4.39. The summed E-state index contributed by atoms with van der Waals surface area (Å²) in [4.78, 5) is 24.6. The van der Waals surface area contributed by atoms with Crippen LogP contribution < -0.4 is 11.1 Å². The monoisotopic (exact) mass is 243 g/mol. The van der Waals surface area contributed by atoms with Crippen LogP contribution in [0.2, 0.25) is 0 Å². The molecule has 0 aromatic carbocycles. The Hall–Kier alpha value is -1.10. The van der Waals surface area contributed by atoms with E-state index in [0.29, 0.717) is 19.5 Å². The van der Waals surface area contributed by atoms with Crippen LogP contribution >= 0.6 is 0 Å². The molecule has 0 aliphatic carbocycles. The number of carbonyl (C=O) groups excluding carboxylic acids is 2. The highest BCUT2D eigenvalue weighted by molar-refractivity contribution is 5.80. The van der Waals surface area contributed by atoms with Crippen LogP contribution in [0.5, 0.6) is 0 Å². The lowest BCUT2D eigenvalue weighted by atomic mass is 10.1. The number of amides is 2. The molecule has 0 heterocycles. The first-order valence-electron chi connectivity index (χ1n) is 6.18. The van der Waals surface area contributed by atoms with Crippen molar-refractivity contribution in [2.24, 2.45) is 11.7 Å². The molecule has 0 aliphatic rings. The van der Waals surface area contributed by atoms with Gasteiger partial charge in [-0.2, -0.15) is 0 Å². The van der Waals surface area contributed by atoms with Gasteiger partial charge in [-0.15, -0.1) is 0 Å². The Morgan fingerprint density at radius 1 is 1.29 bits per heavy atom. The summed E-state index contributed by atoms with van der Waals surface area (Å²) in [6, 6.07) is 0. The molecule has 17 heavy (non-hydrogen) atoms. The van der Waals surface area contributed by atoms with Crippen molar-refractivity contribution >= 4 is 11.8 Å². The van der Waals surface area contributed by atoms with Crippen molar-refractivity contribution in [2.75, 3.05) is 27.2 Å². The molecule has 0 spiro atoms. The Morgan fingerprint density at radius 2 is 1.94 bits per heavy atom. The zero-order valence-electron chi connectivity index (χ0n) is 11.2. The summed E-state index contributed by atoms with van der Waals surface area (Å²) in [6.45, 7) is 2.96. The van der Waals surface area contributed by atoms with E-state index in [4.69, 9.17) is 5.73 Å². The lowest BCUT2D eigenvalue weighted by Gasteiger charge is -2.20. The lowest BCUT2D eigenvalue weighted by molar-refractivity contribution is -0.132. The average molecular weight is 243 g/mol. The van der Waals surface area contributed by atoms with Crippen molar-refractivity contribution in [1.29, 1.82) is 0 Å². The van der Waals surface area contributed by atoms with Gasteiger partial charge in [0.25, 0.3) is 0 Å². The van der Waals surface area contributed by atoms with E-state index in [1.54, 1.807) is 19.0 Å². The lowest BCUT2D eigenvalue weighted by Crippen LogP contribution is -2.37. The molecule has 0 aromatic heterocycles. The van der Waals surface area contributed by atoms with Crippen molar-refractivity contribution < 1.29 is 9.59 Å². The van der Waals surface area contributed by atoms with Crippen molar-refractivity contribution in [3.63, 3.8) is 0 Å². The van der Waals surface area contributed by atoms with E-state index < -0.39 is 0 Å². The summed E-state index contributed by atoms with van der Waals surface area (Å²) in [5, 5.41) is 2.58. The molecule has 1 atom stereocenters. The Labute approximate surface area is 104 Å². The minimum absolute atomic E-state index is 0.0345. The van der Waals surface area contributed by atoms with Gasteiger partial charge in [-0.05, 0) is 19.4 Å². The van der Waals surface area contributed by atoms with E-state index in [1.807, 2.05) is 6.92 Å². The topological polar surface area (TPSA) is 75.4 Å². The molecule has 100 valence electrons. The third-order valence-corrected chi connectivity index (χ3v) is 2.76. The molecule has 0 saturated heterocycles. The van der Waals surface area contributed by atoms with Gasteiger partial charge in [0.2, 0.25) is 11.8 Å². The van der Waals surface area contributed by atoms with Gasteiger partial charge >= 0.3 is 0 Å². The Morgan fingerprint density at radius 3 is 2.47 bits per heavy atom. The minimum Gasteiger partial charge on any atom is -0.359 e. The van der Waals surface area contributed by atoms with E-state index in [0.717, 1.165) is 19.3 Å². The molecule has 0 rings (SSSR count). The van der Waals surface area contributed by atoms with Crippen LogP contribution in [-0.2, 0) is 9.59 Å². The molecule has 0 bridgehead atoms. The predicted molar refractivity (Wildman–Crippen MR) is 68.4 cm³/mol. The van der Waals surface area contributed by atoms with Crippen LogP contribution in [0.25, 0.3) is 0 Å². The molecule has 0 radical (unpaired) electrons. The third kappa shape index (κ3) is 6.94. The summed E-state index contributed by atoms with van der Waals surface area (Å²) in [7, 11) is 3.35. The zero-order chi connectivity index (χ0) is 13.3. The number of hydrogen-bond acceptors (Lipinski definition) is 3. The largest absolute Gasteiger partial charge is 0.359 e. The Bertz CT molecular complexity index is 244. The molecule has 0 saturated carbocycles. The quantitative estimate of drug-likeness (QED) is 0.604. The van der Waals surface area contributed by atoms with Crippen molar-refractivity contribution in [3.05, 3.63) is 0 Å². The molecular weight excluding hydrogens is 218 g/mol. The molecule has 2 amide bonds. The molecule has 5 nitrogen and oxygen atoms in total. The highest BCUT2D eigenvalue weighted by Crippen LogP contribution is 2.04. The second kappa shape index (κ2) is 8.98. The number of rotatable bonds is 8. The van der Waals surface area contributed by atoms with Crippen LogP contribution in [0.3, 0.4) is 0 Å². The summed E-state index contributed by atoms with van der Waals surface area (Å²) in [5.41, 5.74) is 5.38. The first kappa shape index (κ1) is 15.9. The Kier molecular flexibility index (Phi) is 8.40. The Balaban J connectivity index is 3.84. The van der Waals surface area contributed by atoms with Gasteiger partial charge in [0.15, 0.2) is 0 Å². The molecule has 0 aliphatic heterocycles. The summed E-state index contributed by atoms with van der Waals surface area (Å²) in [6.07, 6.45) is 3.36. The molecule has 0 aromatic rings. The SMILES string of the molecule is CNC(=O)C(C)CN(C)C(=O)CCCCCN. The van der Waals surface area contributed by atoms with Crippen LogP contribution in [0, 0.1) is 5.92 Å². The number of hydrogen-bond donors (Lipinski definition) is 2. The molecule has 1 unspecified atom stereocenters. The van der Waals surface area contributed by atoms with Gasteiger partial charge in [-0.25, -0.2) is 0 Å². The van der Waals surface area contributed by atoms with Crippen molar-refractivity contribution in [3.8, 4) is 0 Å². The standard InChI is InChI=1S/C12H25N3O2/c1-10(12(17)14-2)9-15(3)11(16)7-5-4-6-8-13/h10H,4-9,13H2,1-3H3,(H,14,17). The number of nitrogens with two attached hydrogens (primary N) is 1. The second-order valence-electron chi connectivity index (χ2n) is 4.39. The van der Waals surface area contributed by atoms with E-state index in [-0.39, 0.29) is 17.7 Å². The van der Waals surface area contributed by atoms with Gasteiger partial charge in [0.1, 0.15) is 0 Å². The maximum Gasteiger partial charge on any atom is 0.224 e. The molecule has 5 heteroatoms. The fourth-order valence-electron chi connectivity index (χ4n) is 1.63. The zero-order valence-corrected chi connectivity index (χ0v) is 11.2. The fraction of sp³-hybridized carbons (Fsp3) is 0.833. The van der Waals surface area contributed by atoms with Gasteiger partial charge in [-0.3, -0.25) is 9.59 Å². The van der Waals surface area contributed by atoms with Gasteiger partial charge in [0, 0.05) is 27.1 Å². The van der Waals surface area contributed by atoms with Crippen LogP contribution in [0.15, 0.2) is 0 Å². The highest BCUT2D eigenvalue weighted by Gasteiger charge is 2.16. The first-order valence-corrected chi connectivity index (χ1v) is 6.18. The summed E-state index contributed by atoms with van der Waals surface area (Å²) >= 11 is 0. The maximum atomic E-state index is 11.7. The predicted octanol–water partition coefficient (Wildman–Crippen LogP) is 0.346. The molecule has 0 fully saturated rings. The summed E-state index contributed by atoms with van der Waals surface area (Å²) < 4.78 is 0. The number of nitrogens with zero attached hydrogens (tertiary/aromatic N) is 1. The number of carbonyl (C=O) groups is 2. The maximum absolute atomic E-state index is 11.7. The minimum atomic E-state index is -0.169. The van der Waals surface area contributed by atoms with E-state index in [1.165, 1.54) is 0 Å². The van der Waals surface area contributed by atoms with Crippen LogP contribution in [-0.4, -0.2) is 43.9 Å². The van der Waals surface area contributed by atoms with Gasteiger partial charge in [0.05, 0.1) is 5.92 Å². The van der Waals surface area contributed by atoms with Crippen molar-refractivity contribution in [1.82, 2.24) is 10.2 Å². The average Bonchev–Trinajstić information content (AvgIpc) is 2.32. The molecule has 3 N–H and O–H groups in total. The van der Waals surface area contributed by atoms with Crippen molar-refractivity contribution in [2.45, 2.75) is 32.6 Å². The smallest absolute Gasteiger partial charge is 0.224 e. The van der Waals surface area contributed by atoms with Crippen LogP contribution in [0.1, 0.15) is 32.6 Å². The third-order valence-electron chi connectivity index (χ3n) is 2.76. The number of unbranched alkanes of at least 4 members (excludes halogenated alkanes) is 2. The number of nitrogens with one attached hydrogen (secondary N) is 1. The van der Waals surface area contributed by atoms with E-state index >= 15 is 0 Å². The fourth-order valence-corrected chi connectivity index (χ4v) is 1.63. The van der Waals surface area contributed by atoms with E-state index in [2.05, 4.69) is 5.32 Å². The summed E-state index contributed by atoms with van der Waals surface area (Å²) in [5.74, 6) is -0.108. The molecular formula is C12H25N3O2. The van der Waals surface area contributed by atoms with E-state index in [9.17, 15) is 9.59 Å². The normalized spacial score (nSPS) is 12.0.